The molecule has 0 aromatic carbocycles. The van der Waals surface area contributed by atoms with E-state index >= 15 is 0 Å². The van der Waals surface area contributed by atoms with Gasteiger partial charge in [0.2, 0.25) is 0 Å². The van der Waals surface area contributed by atoms with Crippen LogP contribution in [0.3, 0.4) is 0 Å². The first-order chi connectivity index (χ1) is 12.4. The highest BCUT2D eigenvalue weighted by Crippen LogP contribution is 2.30. The Labute approximate surface area is 156 Å². The number of nitrogens with zero attached hydrogens (tertiary/aromatic N) is 4. The van der Waals surface area contributed by atoms with Crippen molar-refractivity contribution in [2.24, 2.45) is 0 Å². The molecular formula is C19H33N5O2. The number of piperazine rings is 1. The maximum absolute atomic E-state index is 13.0. The van der Waals surface area contributed by atoms with Gasteiger partial charge in [0.15, 0.2) is 0 Å². The van der Waals surface area contributed by atoms with Crippen LogP contribution in [0.5, 0.6) is 0 Å². The zero-order valence-corrected chi connectivity index (χ0v) is 16.7. The largest absolute Gasteiger partial charge is 0.370 e. The fourth-order valence-corrected chi connectivity index (χ4v) is 4.17. The number of rotatable bonds is 4. The van der Waals surface area contributed by atoms with E-state index in [1.165, 1.54) is 0 Å². The van der Waals surface area contributed by atoms with Crippen LogP contribution in [0.25, 0.3) is 0 Å². The van der Waals surface area contributed by atoms with Crippen molar-refractivity contribution in [3.05, 3.63) is 18.0 Å². The van der Waals surface area contributed by atoms with E-state index in [0.717, 1.165) is 31.7 Å². The summed E-state index contributed by atoms with van der Waals surface area (Å²) in [5, 5.41) is 7.65. The van der Waals surface area contributed by atoms with Gasteiger partial charge in [-0.2, -0.15) is 5.10 Å². The number of ether oxygens (including phenoxy) is 1. The van der Waals surface area contributed by atoms with Crippen molar-refractivity contribution in [1.29, 1.82) is 0 Å². The predicted molar refractivity (Wildman–Crippen MR) is 101 cm³/mol. The summed E-state index contributed by atoms with van der Waals surface area (Å²) in [7, 11) is 0. The smallest absolute Gasteiger partial charge is 0.318 e. The van der Waals surface area contributed by atoms with Crippen LogP contribution in [0.15, 0.2) is 12.3 Å². The number of likely N-dealkylation sites (N-methyl/N-ethyl adjacent to an activating group) is 1. The molecule has 7 nitrogen and oxygen atoms in total. The molecule has 0 radical (unpaired) electrons. The fourth-order valence-electron chi connectivity index (χ4n) is 4.17. The second kappa shape index (κ2) is 7.96. The van der Waals surface area contributed by atoms with Gasteiger partial charge in [0.25, 0.3) is 0 Å². The van der Waals surface area contributed by atoms with Gasteiger partial charge < -0.3 is 15.0 Å². The summed E-state index contributed by atoms with van der Waals surface area (Å²) < 4.78 is 7.96. The van der Waals surface area contributed by atoms with Gasteiger partial charge in [0.1, 0.15) is 6.10 Å². The van der Waals surface area contributed by atoms with E-state index in [0.29, 0.717) is 12.6 Å². The normalized spacial score (nSPS) is 30.2. The van der Waals surface area contributed by atoms with E-state index in [4.69, 9.17) is 4.74 Å². The van der Waals surface area contributed by atoms with E-state index in [1.54, 1.807) is 0 Å². The van der Waals surface area contributed by atoms with E-state index < -0.39 is 0 Å². The third-order valence-electron chi connectivity index (χ3n) is 5.66. The molecule has 4 atom stereocenters. The third-order valence-corrected chi connectivity index (χ3v) is 5.66. The zero-order valence-electron chi connectivity index (χ0n) is 16.7. The van der Waals surface area contributed by atoms with Crippen molar-refractivity contribution in [1.82, 2.24) is 24.9 Å². The number of urea groups is 1. The predicted octanol–water partition coefficient (Wildman–Crippen LogP) is 2.42. The Morgan fingerprint density at radius 2 is 2.12 bits per heavy atom. The molecule has 2 aliphatic rings. The Balaban J connectivity index is 1.67. The summed E-state index contributed by atoms with van der Waals surface area (Å²) in [6.45, 7) is 14.1. The lowest BCUT2D eigenvalue weighted by Crippen LogP contribution is -2.60. The Bertz CT molecular complexity index is 617. The summed E-state index contributed by atoms with van der Waals surface area (Å²) in [4.78, 5) is 17.4. The number of nitrogens with one attached hydrogen (secondary N) is 1. The monoisotopic (exact) mass is 363 g/mol. The van der Waals surface area contributed by atoms with Gasteiger partial charge in [0, 0.05) is 44.0 Å². The first-order valence-corrected chi connectivity index (χ1v) is 9.88. The van der Waals surface area contributed by atoms with Crippen molar-refractivity contribution in [3.63, 3.8) is 0 Å². The molecule has 146 valence electrons. The van der Waals surface area contributed by atoms with Crippen molar-refractivity contribution in [2.45, 2.75) is 71.3 Å². The summed E-state index contributed by atoms with van der Waals surface area (Å²) in [5.74, 6) is 0. The van der Waals surface area contributed by atoms with E-state index in [-0.39, 0.29) is 30.3 Å². The van der Waals surface area contributed by atoms with E-state index in [2.05, 4.69) is 49.9 Å². The quantitative estimate of drug-likeness (QED) is 0.892. The van der Waals surface area contributed by atoms with Gasteiger partial charge in [-0.1, -0.05) is 6.92 Å². The Morgan fingerprint density at radius 3 is 2.81 bits per heavy atom. The molecule has 2 fully saturated rings. The SMILES string of the molecule is CCN1CC(C)N(C(=O)N[C@H]2CCO[C@@H]2c2ccnn2C(C)C)CC1C. The standard InChI is InChI=1S/C19H33N5O2/c1-6-22-11-15(5)23(12-14(22)4)19(25)21-16-8-10-26-18(16)17-7-9-20-24(17)13(2)3/h7,9,13-16,18H,6,8,10-12H2,1-5H3,(H,21,25)/t14?,15?,16-,18-/m0/s1. The number of aromatic nitrogens is 2. The molecule has 1 aromatic heterocycles. The highest BCUT2D eigenvalue weighted by Gasteiger charge is 2.37. The Morgan fingerprint density at radius 1 is 1.35 bits per heavy atom. The minimum Gasteiger partial charge on any atom is -0.370 e. The molecule has 2 amide bonds. The molecule has 3 rings (SSSR count). The van der Waals surface area contributed by atoms with Crippen LogP contribution in [0.2, 0.25) is 0 Å². The van der Waals surface area contributed by atoms with E-state index in [1.807, 2.05) is 21.8 Å². The van der Waals surface area contributed by atoms with E-state index in [9.17, 15) is 4.79 Å². The summed E-state index contributed by atoms with van der Waals surface area (Å²) >= 11 is 0. The highest BCUT2D eigenvalue weighted by molar-refractivity contribution is 5.75. The van der Waals surface area contributed by atoms with Gasteiger partial charge in [0.05, 0.1) is 11.7 Å². The lowest BCUT2D eigenvalue weighted by atomic mass is 10.1. The summed E-state index contributed by atoms with van der Waals surface area (Å²) in [6.07, 6.45) is 2.51. The van der Waals surface area contributed by atoms with Crippen LogP contribution in [0.4, 0.5) is 4.79 Å². The molecule has 3 heterocycles. The van der Waals surface area contributed by atoms with Crippen molar-refractivity contribution < 1.29 is 9.53 Å². The molecule has 1 aromatic rings. The molecule has 1 N–H and O–H groups in total. The molecule has 0 saturated carbocycles. The lowest BCUT2D eigenvalue weighted by molar-refractivity contribution is 0.0607. The number of amides is 2. The molecule has 26 heavy (non-hydrogen) atoms. The highest BCUT2D eigenvalue weighted by atomic mass is 16.5. The maximum atomic E-state index is 13.0. The van der Waals surface area contributed by atoms with Crippen LogP contribution in [-0.2, 0) is 4.74 Å². The third kappa shape index (κ3) is 3.74. The molecular weight excluding hydrogens is 330 g/mol. The topological polar surface area (TPSA) is 62.6 Å². The molecule has 2 saturated heterocycles. The first kappa shape index (κ1) is 19.2. The van der Waals surface area contributed by atoms with Gasteiger partial charge in [-0.05, 0) is 46.7 Å². The minimum atomic E-state index is -0.131. The second-order valence-electron chi connectivity index (χ2n) is 7.87. The summed E-state index contributed by atoms with van der Waals surface area (Å²) in [5.41, 5.74) is 1.04. The number of hydrogen-bond donors (Lipinski definition) is 1. The van der Waals surface area contributed by atoms with Crippen LogP contribution < -0.4 is 5.32 Å². The van der Waals surface area contributed by atoms with Crippen LogP contribution in [0, 0.1) is 0 Å². The average molecular weight is 364 g/mol. The average Bonchev–Trinajstić information content (AvgIpc) is 3.24. The van der Waals surface area contributed by atoms with Crippen LogP contribution in [0.1, 0.15) is 58.9 Å². The maximum Gasteiger partial charge on any atom is 0.318 e. The number of carbonyl (C=O) groups is 1. The Hall–Kier alpha value is -1.60. The number of hydrogen-bond acceptors (Lipinski definition) is 4. The van der Waals surface area contributed by atoms with Crippen LogP contribution in [-0.4, -0.2) is 70.0 Å². The molecule has 7 heteroatoms. The summed E-state index contributed by atoms with van der Waals surface area (Å²) in [6, 6.07) is 2.89. The molecule has 2 unspecified atom stereocenters. The first-order valence-electron chi connectivity index (χ1n) is 9.88. The van der Waals surface area contributed by atoms with Crippen LogP contribution >= 0.6 is 0 Å². The minimum absolute atomic E-state index is 0.0107. The van der Waals surface area contributed by atoms with Crippen molar-refractivity contribution in [3.8, 4) is 0 Å². The van der Waals surface area contributed by atoms with Crippen molar-refractivity contribution in [2.75, 3.05) is 26.2 Å². The lowest BCUT2D eigenvalue weighted by Gasteiger charge is -2.44. The molecule has 0 bridgehead atoms. The zero-order chi connectivity index (χ0) is 18.8. The Kier molecular flexibility index (Phi) is 5.87. The van der Waals surface area contributed by atoms with Gasteiger partial charge in [-0.3, -0.25) is 9.58 Å². The molecule has 0 spiro atoms. The second-order valence-corrected chi connectivity index (χ2v) is 7.87. The molecule has 2 aliphatic heterocycles. The fraction of sp³-hybridized carbons (Fsp3) is 0.789. The molecule has 0 aliphatic carbocycles. The van der Waals surface area contributed by atoms with Gasteiger partial charge in [-0.15, -0.1) is 0 Å². The van der Waals surface area contributed by atoms with Gasteiger partial charge in [-0.25, -0.2) is 4.79 Å². The van der Waals surface area contributed by atoms with Gasteiger partial charge >= 0.3 is 6.03 Å². The van der Waals surface area contributed by atoms with Crippen molar-refractivity contribution >= 4 is 6.03 Å². The number of carbonyl (C=O) groups excluding carboxylic acids is 1.